The van der Waals surface area contributed by atoms with E-state index in [1.807, 2.05) is 30.9 Å². The molecule has 0 heterocycles. The summed E-state index contributed by atoms with van der Waals surface area (Å²) in [5.74, 6) is 1.13. The fraction of sp³-hybridized carbons (Fsp3) is 0.455. The van der Waals surface area contributed by atoms with Gasteiger partial charge in [0.2, 0.25) is 0 Å². The van der Waals surface area contributed by atoms with Crippen LogP contribution in [0.1, 0.15) is 18.9 Å². The van der Waals surface area contributed by atoms with E-state index in [2.05, 4.69) is 18.3 Å². The van der Waals surface area contributed by atoms with Gasteiger partial charge in [-0.1, -0.05) is 30.7 Å². The molecule has 0 fully saturated rings. The Labute approximate surface area is 95.2 Å². The topological polar surface area (TPSA) is 12.0 Å². The molecule has 0 bridgehead atoms. The van der Waals surface area contributed by atoms with Gasteiger partial charge in [0.1, 0.15) is 0 Å². The highest BCUT2D eigenvalue weighted by Gasteiger charge is 2.05. The molecule has 0 aromatic heterocycles. The van der Waals surface area contributed by atoms with Gasteiger partial charge in [-0.2, -0.15) is 0 Å². The third-order valence-corrected chi connectivity index (χ3v) is 3.68. The second-order valence-corrected chi connectivity index (χ2v) is 4.62. The van der Waals surface area contributed by atoms with Crippen LogP contribution in [-0.2, 0) is 6.54 Å². The van der Waals surface area contributed by atoms with Crippen molar-refractivity contribution in [2.24, 2.45) is 0 Å². The second-order valence-electron chi connectivity index (χ2n) is 3.11. The van der Waals surface area contributed by atoms with E-state index in [4.69, 9.17) is 11.6 Å². The van der Waals surface area contributed by atoms with Crippen LogP contribution in [0.3, 0.4) is 0 Å². The van der Waals surface area contributed by atoms with Gasteiger partial charge in [-0.15, -0.1) is 11.8 Å². The molecular formula is C11H16ClNS. The van der Waals surface area contributed by atoms with Crippen LogP contribution in [0.25, 0.3) is 0 Å². The molecule has 0 atom stereocenters. The van der Waals surface area contributed by atoms with Gasteiger partial charge >= 0.3 is 0 Å². The van der Waals surface area contributed by atoms with E-state index >= 15 is 0 Å². The van der Waals surface area contributed by atoms with Crippen LogP contribution in [0, 0.1) is 0 Å². The number of rotatable bonds is 5. The maximum atomic E-state index is 6.15. The average molecular weight is 230 g/mol. The third kappa shape index (κ3) is 3.19. The van der Waals surface area contributed by atoms with E-state index in [-0.39, 0.29) is 0 Å². The molecule has 0 aliphatic heterocycles. The largest absolute Gasteiger partial charge is 0.316 e. The lowest BCUT2D eigenvalue weighted by Gasteiger charge is -2.09. The minimum atomic E-state index is 0.871. The zero-order chi connectivity index (χ0) is 10.4. The lowest BCUT2D eigenvalue weighted by atomic mass is 10.2. The number of nitrogens with one attached hydrogen (secondary N) is 1. The SMILES string of the molecule is CCCSc1c(Cl)cccc1CNC. The Morgan fingerprint density at radius 2 is 2.21 bits per heavy atom. The van der Waals surface area contributed by atoms with E-state index < -0.39 is 0 Å². The number of benzene rings is 1. The Balaban J connectivity index is 2.84. The summed E-state index contributed by atoms with van der Waals surface area (Å²) in [4.78, 5) is 1.23. The Morgan fingerprint density at radius 3 is 2.86 bits per heavy atom. The Hall–Kier alpha value is -0.180. The molecule has 0 saturated heterocycles. The van der Waals surface area contributed by atoms with Gasteiger partial charge in [-0.05, 0) is 30.9 Å². The molecule has 78 valence electrons. The first-order valence-electron chi connectivity index (χ1n) is 4.84. The summed E-state index contributed by atoms with van der Waals surface area (Å²) in [6.45, 7) is 3.06. The van der Waals surface area contributed by atoms with Crippen LogP contribution in [0.2, 0.25) is 5.02 Å². The zero-order valence-corrected chi connectivity index (χ0v) is 10.2. The first-order valence-corrected chi connectivity index (χ1v) is 6.20. The van der Waals surface area contributed by atoms with Gasteiger partial charge in [-0.25, -0.2) is 0 Å². The Morgan fingerprint density at radius 1 is 1.43 bits per heavy atom. The van der Waals surface area contributed by atoms with Gasteiger partial charge in [-0.3, -0.25) is 0 Å². The first-order chi connectivity index (χ1) is 6.79. The minimum absolute atomic E-state index is 0.871. The summed E-state index contributed by atoms with van der Waals surface area (Å²) < 4.78 is 0. The third-order valence-electron chi connectivity index (χ3n) is 1.87. The maximum Gasteiger partial charge on any atom is 0.0545 e. The van der Waals surface area contributed by atoms with Crippen LogP contribution in [0.15, 0.2) is 23.1 Å². The number of hydrogen-bond donors (Lipinski definition) is 1. The lowest BCUT2D eigenvalue weighted by Crippen LogP contribution is -2.06. The van der Waals surface area contributed by atoms with Crippen LogP contribution in [0.5, 0.6) is 0 Å². The number of thioether (sulfide) groups is 1. The molecule has 1 nitrogen and oxygen atoms in total. The summed E-state index contributed by atoms with van der Waals surface area (Å²) >= 11 is 7.99. The molecule has 1 N–H and O–H groups in total. The molecule has 0 saturated carbocycles. The van der Waals surface area contributed by atoms with E-state index in [1.54, 1.807) is 0 Å². The molecule has 3 heteroatoms. The van der Waals surface area contributed by atoms with Crippen molar-refractivity contribution < 1.29 is 0 Å². The molecular weight excluding hydrogens is 214 g/mol. The molecule has 0 unspecified atom stereocenters. The lowest BCUT2D eigenvalue weighted by molar-refractivity contribution is 0.803. The normalized spacial score (nSPS) is 10.5. The fourth-order valence-electron chi connectivity index (χ4n) is 1.25. The average Bonchev–Trinajstić information content (AvgIpc) is 2.18. The van der Waals surface area contributed by atoms with Gasteiger partial charge in [0.05, 0.1) is 5.02 Å². The van der Waals surface area contributed by atoms with Crippen molar-refractivity contribution in [1.29, 1.82) is 0 Å². The summed E-state index contributed by atoms with van der Waals surface area (Å²) in [5.41, 5.74) is 1.29. The van der Waals surface area contributed by atoms with E-state index in [0.29, 0.717) is 0 Å². The van der Waals surface area contributed by atoms with Crippen molar-refractivity contribution in [2.75, 3.05) is 12.8 Å². The molecule has 0 aliphatic rings. The fourth-order valence-corrected chi connectivity index (χ4v) is 2.55. The molecule has 1 aromatic rings. The van der Waals surface area contributed by atoms with E-state index in [9.17, 15) is 0 Å². The van der Waals surface area contributed by atoms with Gasteiger partial charge < -0.3 is 5.32 Å². The standard InChI is InChI=1S/C11H16ClNS/c1-3-7-14-11-9(8-13-2)5-4-6-10(11)12/h4-6,13H,3,7-8H2,1-2H3. The number of halogens is 1. The van der Waals surface area contributed by atoms with Gasteiger partial charge in [0, 0.05) is 11.4 Å². The molecule has 14 heavy (non-hydrogen) atoms. The smallest absolute Gasteiger partial charge is 0.0545 e. The van der Waals surface area contributed by atoms with Crippen molar-refractivity contribution in [2.45, 2.75) is 24.8 Å². The van der Waals surface area contributed by atoms with Crippen molar-refractivity contribution >= 4 is 23.4 Å². The van der Waals surface area contributed by atoms with Gasteiger partial charge in [0.25, 0.3) is 0 Å². The van der Waals surface area contributed by atoms with E-state index in [1.165, 1.54) is 16.9 Å². The van der Waals surface area contributed by atoms with Crippen LogP contribution in [-0.4, -0.2) is 12.8 Å². The summed E-state index contributed by atoms with van der Waals surface area (Å²) in [6.07, 6.45) is 1.18. The minimum Gasteiger partial charge on any atom is -0.316 e. The maximum absolute atomic E-state index is 6.15. The van der Waals surface area contributed by atoms with Gasteiger partial charge in [0.15, 0.2) is 0 Å². The molecule has 0 radical (unpaired) electrons. The summed E-state index contributed by atoms with van der Waals surface area (Å²) in [5, 5.41) is 4.03. The molecule has 1 aromatic carbocycles. The Kier molecular flexibility index (Phi) is 5.38. The van der Waals surface area contributed by atoms with Crippen LogP contribution in [0.4, 0.5) is 0 Å². The molecule has 0 amide bonds. The predicted molar refractivity (Wildman–Crippen MR) is 65.2 cm³/mol. The summed E-state index contributed by atoms with van der Waals surface area (Å²) in [7, 11) is 1.95. The van der Waals surface area contributed by atoms with Crippen molar-refractivity contribution in [1.82, 2.24) is 5.32 Å². The van der Waals surface area contributed by atoms with Crippen LogP contribution < -0.4 is 5.32 Å². The zero-order valence-electron chi connectivity index (χ0n) is 8.64. The molecule has 1 rings (SSSR count). The highest BCUT2D eigenvalue weighted by atomic mass is 35.5. The quantitative estimate of drug-likeness (QED) is 0.775. The highest BCUT2D eigenvalue weighted by Crippen LogP contribution is 2.30. The first kappa shape index (κ1) is 11.9. The molecule has 0 aliphatic carbocycles. The summed E-state index contributed by atoms with van der Waals surface area (Å²) in [6, 6.07) is 6.09. The van der Waals surface area contributed by atoms with E-state index in [0.717, 1.165) is 17.3 Å². The Bertz CT molecular complexity index is 289. The van der Waals surface area contributed by atoms with Crippen molar-refractivity contribution in [3.63, 3.8) is 0 Å². The molecule has 0 spiro atoms. The van der Waals surface area contributed by atoms with Crippen molar-refractivity contribution in [3.8, 4) is 0 Å². The number of hydrogen-bond acceptors (Lipinski definition) is 2. The predicted octanol–water partition coefficient (Wildman–Crippen LogP) is 3.56. The highest BCUT2D eigenvalue weighted by molar-refractivity contribution is 7.99. The van der Waals surface area contributed by atoms with Crippen molar-refractivity contribution in [3.05, 3.63) is 28.8 Å². The second kappa shape index (κ2) is 6.33. The van der Waals surface area contributed by atoms with Crippen LogP contribution >= 0.6 is 23.4 Å². The monoisotopic (exact) mass is 229 g/mol.